The zero-order valence-electron chi connectivity index (χ0n) is 74.6. The van der Waals surface area contributed by atoms with Crippen molar-refractivity contribution in [3.05, 3.63) is 227 Å². The number of hydrogen-bond donors (Lipinski definition) is 14. The van der Waals surface area contributed by atoms with Crippen LogP contribution >= 0.6 is 7.95 Å². The average Bonchev–Trinajstić information content (AvgIpc) is 0.770. The molecule has 0 fully saturated rings. The molecule has 0 saturated carbocycles. The van der Waals surface area contributed by atoms with Crippen molar-refractivity contribution in [1.29, 1.82) is 5.59 Å². The topological polar surface area (TPSA) is 806 Å². The fourth-order valence-electron chi connectivity index (χ4n) is 12.5. The van der Waals surface area contributed by atoms with E-state index in [4.69, 9.17) is 86.3 Å². The fourth-order valence-corrected chi connectivity index (χ4v) is 15.3. The second-order valence-corrected chi connectivity index (χ2v) is 33.9. The Bertz CT molecular complexity index is 7370. The van der Waals surface area contributed by atoms with Gasteiger partial charge in [-0.25, -0.2) is 14.4 Å². The first-order valence-electron chi connectivity index (χ1n) is 40.3. The molecule has 752 valence electrons. The molecule has 0 aliphatic heterocycles. The van der Waals surface area contributed by atoms with E-state index in [1.807, 2.05) is 13.8 Å². The number of nitrogen functional groups attached to an aromatic ring is 3. The standard InChI is InChI=1S/C28H22N8O8S.C27H27N7O8S.C26H24N7O8PS.C5H12O2.2CH4.HNO.W/c29-17-6-5-14-12-24(45(40,41)44-32)25(26(37)21(14)13-17)36-35-23-8-7-22(19-3-1-2-4-20(19)23)34-33-18-10-15(27(38)42-30)9-16(11-18)28(39)43-31;1-3-39-22-14-21(23(40-4-2)13-20(22)32-31-18-7-5-6-16(10-18)27(36)41-29)33-34-25-24(43(37,38)42-30)11-15-8-9-17(28)12-19(15)26(25)35;1-3-39-22-14-21(23(40-4-2)13-20(22)30-29-17-6-5-7-18(12-17)42(36)33-35)31-32-25-24(43(37,38)41-28)10-15-8-9-16(27)11-19(15)26(25)34;1-5(2)7-4-3-6;;;1-2;/h1-13,37H,29-32H2;5-14,35H,3-4,28-30H2,1-2H3;5-14H,3-4,28H2,1-2H3,(H2-,27,29,30,31,32,33,34,35,36);5-6H,3-4H2,1-2H3;2*1H4;1H;/p+1. The number of fused-ring (bicyclic) bond motifs is 4. The minimum atomic E-state index is -4.54. The van der Waals surface area contributed by atoms with Gasteiger partial charge < -0.3 is 75.8 Å². The minimum Gasteiger partial charge on any atom is -0.505 e. The van der Waals surface area contributed by atoms with Gasteiger partial charge in [-0.05, 0) is 178 Å². The van der Waals surface area contributed by atoms with Crippen molar-refractivity contribution in [2.45, 2.75) is 77.2 Å². The van der Waals surface area contributed by atoms with Crippen LogP contribution in [0.5, 0.6) is 40.2 Å². The van der Waals surface area contributed by atoms with Gasteiger partial charge in [0.25, 0.3) is 0 Å². The molecule has 0 aromatic heterocycles. The summed E-state index contributed by atoms with van der Waals surface area (Å²) in [6, 6.07) is 49.0. The number of ether oxygens (including phenoxy) is 5. The van der Waals surface area contributed by atoms with Crippen LogP contribution in [-0.2, 0) is 88.1 Å². The van der Waals surface area contributed by atoms with E-state index in [-0.39, 0.29) is 170 Å². The number of nitroso groups, excluding NO2 is 2. The molecule has 13 aromatic carbocycles. The molecule has 0 bridgehead atoms. The molecule has 0 spiro atoms. The number of rotatable bonds is 34. The third-order valence-corrected chi connectivity index (χ3v) is 22.8. The van der Waals surface area contributed by atoms with Crippen molar-refractivity contribution in [3.63, 3.8) is 0 Å². The number of carbonyl (C=O) groups is 3. The third-order valence-electron chi connectivity index (χ3n) is 18.6. The minimum absolute atomic E-state index is 0. The number of azo groups is 6. The summed E-state index contributed by atoms with van der Waals surface area (Å²) in [7, 11) is -16.1. The molecular weight excluding hydrogens is 2120 g/mol. The Labute approximate surface area is 829 Å². The van der Waals surface area contributed by atoms with Crippen molar-refractivity contribution in [2.24, 2.45) is 102 Å². The van der Waals surface area contributed by atoms with Crippen LogP contribution in [0.4, 0.5) is 85.3 Å². The molecule has 55 heteroatoms. The first kappa shape index (κ1) is 116. The number of hydrogen-bond acceptors (Lipinski definition) is 49. The van der Waals surface area contributed by atoms with Crippen LogP contribution in [0.15, 0.2) is 281 Å². The molecule has 0 aliphatic rings. The summed E-state index contributed by atoms with van der Waals surface area (Å²) >= 11 is 0. The van der Waals surface area contributed by atoms with Crippen LogP contribution in [0.25, 0.3) is 43.1 Å². The Kier molecular flexibility index (Phi) is 44.0. The quantitative estimate of drug-likeness (QED) is 0.00585. The number of benzene rings is 13. The van der Waals surface area contributed by atoms with E-state index in [9.17, 15) is 64.4 Å². The molecule has 143 heavy (non-hydrogen) atoms. The summed E-state index contributed by atoms with van der Waals surface area (Å²) in [6.45, 7) is 12.3. The first-order valence-corrected chi connectivity index (χ1v) is 45.8. The average molecular weight is 2220 g/mol. The zero-order valence-corrected chi connectivity index (χ0v) is 80.9. The van der Waals surface area contributed by atoms with Gasteiger partial charge in [0.1, 0.15) is 77.5 Å². The number of aromatic hydroxyl groups is 3. The van der Waals surface area contributed by atoms with Crippen LogP contribution in [0, 0.1) is 15.4 Å². The van der Waals surface area contributed by atoms with Crippen LogP contribution < -0.4 is 76.8 Å². The van der Waals surface area contributed by atoms with Gasteiger partial charge in [0.2, 0.25) is 10.3 Å². The van der Waals surface area contributed by atoms with Crippen LogP contribution in [0.2, 0.25) is 0 Å². The molecule has 1 unspecified atom stereocenters. The second kappa shape index (κ2) is 54.2. The summed E-state index contributed by atoms with van der Waals surface area (Å²) < 4.78 is 128. The molecule has 0 aliphatic carbocycles. The SMILES string of the molecule is C.C.CC(C)OCCO.CCOc1cc(N=Nc2c(S(=O)(=O)ON)cc3ccc(N)cc3c2O)c(OCC)cc1N=Nc1cccc(C(=O)ON)c1.CCOc1cc(N=Nc2c(S(=O)(=O)ON)cc3ccc(N)cc3c2O)c(OCC)cc1N=Nc1cccc([P+](=O)N=O)c1.N=O.NOC(=O)c1cc(N=Nc2ccc(N=Nc3c(S(=O)(=O)ON)cc4ccc(N)cc4c3O)c3ccccc23)cc(C(=O)ON)c1.[W]. The number of aliphatic hydroxyl groups excluding tert-OH is 1. The van der Waals surface area contributed by atoms with Crippen molar-refractivity contribution in [2.75, 3.05) is 56.8 Å². The maximum atomic E-state index is 12.6. The molecule has 13 aromatic rings. The zero-order chi connectivity index (χ0) is 102. The molecule has 0 saturated heterocycles. The van der Waals surface area contributed by atoms with E-state index < -0.39 is 105 Å². The number of phenolic OH excluding ortho intramolecular Hbond substituents is 3. The number of nitrogens with two attached hydrogens (primary N) is 9. The van der Waals surface area contributed by atoms with Gasteiger partial charge in [0.05, 0.1) is 90.9 Å². The normalized spacial score (nSPS) is 11.5. The monoisotopic (exact) mass is 2220 g/mol. The first-order chi connectivity index (χ1) is 67.0. The summed E-state index contributed by atoms with van der Waals surface area (Å²) in [5, 5.41) is 94.0. The van der Waals surface area contributed by atoms with Gasteiger partial charge in [-0.2, -0.15) is 93.7 Å². The number of carbonyl (C=O) groups excluding carboxylic acids is 3. The van der Waals surface area contributed by atoms with Crippen molar-refractivity contribution < 1.29 is 137 Å². The smallest absolute Gasteiger partial charge is 0.505 e. The van der Waals surface area contributed by atoms with Crippen molar-refractivity contribution >= 4 is 190 Å². The Morgan fingerprint density at radius 3 is 1.01 bits per heavy atom. The van der Waals surface area contributed by atoms with E-state index in [0.29, 0.717) is 67.7 Å². The summed E-state index contributed by atoms with van der Waals surface area (Å²) in [5.74, 6) is 26.6. The maximum Gasteiger partial charge on any atom is 0.565 e. The van der Waals surface area contributed by atoms with E-state index in [2.05, 4.69) is 99.3 Å². The van der Waals surface area contributed by atoms with Gasteiger partial charge in [-0.3, -0.25) is 0 Å². The summed E-state index contributed by atoms with van der Waals surface area (Å²) in [5.41, 5.74) is 23.7. The summed E-state index contributed by atoms with van der Waals surface area (Å²) in [4.78, 5) is 67.6. The molecule has 13 rings (SSSR count). The van der Waals surface area contributed by atoms with E-state index in [1.54, 1.807) is 82.3 Å². The fraction of sp³-hybridized carbons (Fsp3) is 0.170. The predicted molar refractivity (Wildman–Crippen MR) is 523 cm³/mol. The summed E-state index contributed by atoms with van der Waals surface area (Å²) in [6.07, 6.45) is 0.243. The van der Waals surface area contributed by atoms with E-state index in [1.165, 1.54) is 140 Å². The molecular formula is C88H95N23O27PS3W+. The van der Waals surface area contributed by atoms with Crippen LogP contribution in [0.1, 0.15) is 87.5 Å². The van der Waals surface area contributed by atoms with E-state index in [0.717, 1.165) is 6.07 Å². The molecule has 1 atom stereocenters. The van der Waals surface area contributed by atoms with Gasteiger partial charge in [0.15, 0.2) is 17.2 Å². The number of anilines is 3. The Hall–Kier alpha value is -15.7. The maximum absolute atomic E-state index is 12.6. The van der Waals surface area contributed by atoms with Crippen molar-refractivity contribution in [3.8, 4) is 40.2 Å². The van der Waals surface area contributed by atoms with Gasteiger partial charge in [-0.1, -0.05) is 80.0 Å². The van der Waals surface area contributed by atoms with Gasteiger partial charge in [0, 0.05) is 95.4 Å². The Morgan fingerprint density at radius 2 is 0.692 bits per heavy atom. The number of phenols is 3. The number of aliphatic hydroxyl groups is 1. The van der Waals surface area contributed by atoms with E-state index >= 15 is 0 Å². The predicted octanol–water partition coefficient (Wildman–Crippen LogP) is 18.6. The van der Waals surface area contributed by atoms with Crippen LogP contribution in [-0.4, -0.2) is 109 Å². The number of nitrogens with one attached hydrogen (secondary N) is 1. The largest absolute Gasteiger partial charge is 0.565 e. The molecule has 0 amide bonds. The Morgan fingerprint density at radius 1 is 0.378 bits per heavy atom. The Balaban J connectivity index is 0.000000311. The van der Waals surface area contributed by atoms with Crippen molar-refractivity contribution in [1.82, 2.24) is 0 Å². The molecule has 0 heterocycles. The van der Waals surface area contributed by atoms with Gasteiger partial charge in [-0.15, -0.1) is 46.0 Å². The van der Waals surface area contributed by atoms with Crippen LogP contribution in [0.3, 0.4) is 0 Å². The van der Waals surface area contributed by atoms with Gasteiger partial charge >= 0.3 is 56.2 Å². The second-order valence-electron chi connectivity index (χ2n) is 28.0. The third kappa shape index (κ3) is 29.7. The molecule has 0 radical (unpaired) electrons. The molecule has 23 N–H and O–H groups in total. The molecule has 50 nitrogen and oxygen atoms in total. The number of nitrogens with zero attached hydrogens (tertiary/aromatic N) is 13.